The van der Waals surface area contributed by atoms with Gasteiger partial charge in [-0.05, 0) is 13.0 Å². The van der Waals surface area contributed by atoms with Crippen LogP contribution in [0, 0.1) is 0 Å². The Kier molecular flexibility index (Phi) is 5.12. The van der Waals surface area contributed by atoms with Gasteiger partial charge in [0.05, 0.1) is 0 Å². The third-order valence-corrected chi connectivity index (χ3v) is 3.27. The van der Waals surface area contributed by atoms with Crippen molar-refractivity contribution in [2.75, 3.05) is 13.1 Å². The van der Waals surface area contributed by atoms with Crippen molar-refractivity contribution in [3.05, 3.63) is 15.5 Å². The van der Waals surface area contributed by atoms with E-state index in [1.54, 1.807) is 11.3 Å². The van der Waals surface area contributed by atoms with Crippen molar-refractivity contribution in [2.24, 2.45) is 0 Å². The monoisotopic (exact) mass is 253 g/mol. The number of thiazole rings is 1. The highest BCUT2D eigenvalue weighted by molar-refractivity contribution is 7.15. The van der Waals surface area contributed by atoms with Crippen LogP contribution in [0.2, 0.25) is 4.47 Å². The Labute approximate surface area is 98.7 Å². The van der Waals surface area contributed by atoms with Crippen molar-refractivity contribution in [1.29, 1.82) is 0 Å². The zero-order valence-electron chi connectivity index (χ0n) is 7.62. The fourth-order valence-corrected chi connectivity index (χ4v) is 2.37. The number of hydrogen-bond acceptors (Lipinski definition) is 4. The van der Waals surface area contributed by atoms with Crippen molar-refractivity contribution in [3.8, 4) is 0 Å². The van der Waals surface area contributed by atoms with Crippen LogP contribution < -0.4 is 10.6 Å². The van der Waals surface area contributed by atoms with Crippen LogP contribution in [0.25, 0.3) is 0 Å². The van der Waals surface area contributed by atoms with E-state index < -0.39 is 0 Å². The number of nitrogens with zero attached hydrogens (tertiary/aromatic N) is 1. The zero-order chi connectivity index (χ0) is 9.10. The molecule has 1 aromatic heterocycles. The van der Waals surface area contributed by atoms with Gasteiger partial charge in [-0.3, -0.25) is 0 Å². The van der Waals surface area contributed by atoms with Gasteiger partial charge in [-0.15, -0.1) is 23.7 Å². The van der Waals surface area contributed by atoms with E-state index in [1.807, 2.05) is 6.20 Å². The molecule has 2 rings (SSSR count). The molecule has 1 aromatic rings. The molecule has 3 nitrogen and oxygen atoms in total. The van der Waals surface area contributed by atoms with Crippen LogP contribution >= 0.6 is 35.3 Å². The average Bonchev–Trinajstić information content (AvgIpc) is 2.71. The molecule has 0 saturated carbocycles. The molecule has 1 saturated heterocycles. The lowest BCUT2D eigenvalue weighted by molar-refractivity contribution is 0.550. The first kappa shape index (κ1) is 12.2. The molecule has 0 amide bonds. The van der Waals surface area contributed by atoms with Gasteiger partial charge >= 0.3 is 0 Å². The second-order valence-corrected chi connectivity index (χ2v) is 4.85. The molecule has 2 N–H and O–H groups in total. The summed E-state index contributed by atoms with van der Waals surface area (Å²) in [4.78, 5) is 5.20. The van der Waals surface area contributed by atoms with Crippen molar-refractivity contribution < 1.29 is 0 Å². The summed E-state index contributed by atoms with van der Waals surface area (Å²) >= 11 is 7.27. The summed E-state index contributed by atoms with van der Waals surface area (Å²) in [5, 5.41) is 6.77. The maximum absolute atomic E-state index is 5.72. The molecule has 1 aliphatic rings. The van der Waals surface area contributed by atoms with E-state index in [1.165, 1.54) is 11.3 Å². The van der Waals surface area contributed by atoms with Crippen LogP contribution in [0.15, 0.2) is 6.20 Å². The van der Waals surface area contributed by atoms with Crippen LogP contribution in [0.3, 0.4) is 0 Å². The Morgan fingerprint density at radius 2 is 2.57 bits per heavy atom. The topological polar surface area (TPSA) is 37.0 Å². The summed E-state index contributed by atoms with van der Waals surface area (Å²) < 4.78 is 0.626. The number of nitrogens with one attached hydrogen (secondary N) is 2. The van der Waals surface area contributed by atoms with Gasteiger partial charge in [0.25, 0.3) is 0 Å². The molecule has 1 aliphatic heterocycles. The minimum Gasteiger partial charge on any atom is -0.315 e. The van der Waals surface area contributed by atoms with E-state index in [-0.39, 0.29) is 12.4 Å². The highest BCUT2D eigenvalue weighted by Gasteiger charge is 2.13. The molecule has 0 aliphatic carbocycles. The van der Waals surface area contributed by atoms with E-state index in [4.69, 9.17) is 11.6 Å². The lowest BCUT2D eigenvalue weighted by Crippen LogP contribution is -2.30. The SMILES string of the molecule is Cl.Clc1ncc(CNC2CCNC2)s1. The molecule has 0 spiro atoms. The normalized spacial score (nSPS) is 20.8. The van der Waals surface area contributed by atoms with Gasteiger partial charge in [0.15, 0.2) is 4.47 Å². The van der Waals surface area contributed by atoms with E-state index in [9.17, 15) is 0 Å². The summed E-state index contributed by atoms with van der Waals surface area (Å²) in [6, 6.07) is 0.612. The standard InChI is InChI=1S/C8H12ClN3S.ClH/c9-8-12-5-7(13-8)4-11-6-1-2-10-3-6;/h5-6,10-11H,1-4H2;1H. The Hall–Kier alpha value is 0.130. The Morgan fingerprint density at radius 1 is 1.71 bits per heavy atom. The summed E-state index contributed by atoms with van der Waals surface area (Å²) in [5.41, 5.74) is 0. The third-order valence-electron chi connectivity index (χ3n) is 2.15. The fraction of sp³-hybridized carbons (Fsp3) is 0.625. The molecular formula is C8H13Cl2N3S. The quantitative estimate of drug-likeness (QED) is 0.861. The van der Waals surface area contributed by atoms with Crippen LogP contribution in [0.4, 0.5) is 0 Å². The predicted molar refractivity (Wildman–Crippen MR) is 62.5 cm³/mol. The predicted octanol–water partition coefficient (Wildman–Crippen LogP) is 1.67. The zero-order valence-corrected chi connectivity index (χ0v) is 10.0. The van der Waals surface area contributed by atoms with Gasteiger partial charge in [-0.2, -0.15) is 0 Å². The second kappa shape index (κ2) is 5.88. The van der Waals surface area contributed by atoms with Gasteiger partial charge in [0, 0.05) is 30.2 Å². The summed E-state index contributed by atoms with van der Waals surface area (Å²) in [6.45, 7) is 3.09. The average molecular weight is 254 g/mol. The van der Waals surface area contributed by atoms with Gasteiger partial charge in [0.1, 0.15) is 0 Å². The van der Waals surface area contributed by atoms with Crippen LogP contribution in [0.5, 0.6) is 0 Å². The van der Waals surface area contributed by atoms with Crippen molar-refractivity contribution in [1.82, 2.24) is 15.6 Å². The maximum Gasteiger partial charge on any atom is 0.183 e. The highest BCUT2D eigenvalue weighted by Crippen LogP contribution is 2.17. The Morgan fingerprint density at radius 3 is 3.14 bits per heavy atom. The summed E-state index contributed by atoms with van der Waals surface area (Å²) in [7, 11) is 0. The molecule has 80 valence electrons. The third kappa shape index (κ3) is 3.37. The largest absolute Gasteiger partial charge is 0.315 e. The molecule has 0 bridgehead atoms. The Bertz CT molecular complexity index is 273. The van der Waals surface area contributed by atoms with Gasteiger partial charge < -0.3 is 10.6 Å². The van der Waals surface area contributed by atoms with Crippen LogP contribution in [-0.2, 0) is 6.54 Å². The van der Waals surface area contributed by atoms with E-state index in [0.29, 0.717) is 10.5 Å². The molecule has 2 heterocycles. The summed E-state index contributed by atoms with van der Waals surface area (Å²) in [6.07, 6.45) is 3.05. The number of rotatable bonds is 3. The first-order valence-electron chi connectivity index (χ1n) is 4.39. The lowest BCUT2D eigenvalue weighted by atomic mass is 10.2. The van der Waals surface area contributed by atoms with E-state index in [2.05, 4.69) is 15.6 Å². The molecule has 0 radical (unpaired) electrons. The second-order valence-electron chi connectivity index (χ2n) is 3.15. The molecule has 1 unspecified atom stereocenters. The van der Waals surface area contributed by atoms with Gasteiger partial charge in [-0.1, -0.05) is 11.6 Å². The molecule has 1 atom stereocenters. The van der Waals surface area contributed by atoms with E-state index in [0.717, 1.165) is 19.6 Å². The molecule has 0 aromatic carbocycles. The smallest absolute Gasteiger partial charge is 0.183 e. The molecule has 1 fully saturated rings. The van der Waals surface area contributed by atoms with Gasteiger partial charge in [-0.25, -0.2) is 4.98 Å². The van der Waals surface area contributed by atoms with E-state index >= 15 is 0 Å². The minimum atomic E-state index is 0. The van der Waals surface area contributed by atoms with Crippen LogP contribution in [-0.4, -0.2) is 24.1 Å². The van der Waals surface area contributed by atoms with Crippen molar-refractivity contribution in [2.45, 2.75) is 19.0 Å². The summed E-state index contributed by atoms with van der Waals surface area (Å²) in [5.74, 6) is 0. The van der Waals surface area contributed by atoms with Gasteiger partial charge in [0.2, 0.25) is 0 Å². The molecule has 6 heteroatoms. The lowest BCUT2D eigenvalue weighted by Gasteiger charge is -2.08. The number of hydrogen-bond donors (Lipinski definition) is 2. The highest BCUT2D eigenvalue weighted by atomic mass is 35.5. The van der Waals surface area contributed by atoms with Crippen LogP contribution in [0.1, 0.15) is 11.3 Å². The first-order chi connectivity index (χ1) is 6.34. The minimum absolute atomic E-state index is 0. The fourth-order valence-electron chi connectivity index (χ4n) is 1.44. The van der Waals surface area contributed by atoms with Crippen molar-refractivity contribution >= 4 is 35.3 Å². The Balaban J connectivity index is 0.000000980. The number of halogens is 2. The molecule has 14 heavy (non-hydrogen) atoms. The first-order valence-corrected chi connectivity index (χ1v) is 5.58. The number of aromatic nitrogens is 1. The maximum atomic E-state index is 5.72. The molecular weight excluding hydrogens is 241 g/mol. The van der Waals surface area contributed by atoms with Crippen molar-refractivity contribution in [3.63, 3.8) is 0 Å².